The van der Waals surface area contributed by atoms with Crippen LogP contribution in [0.3, 0.4) is 0 Å². The van der Waals surface area contributed by atoms with E-state index in [1.54, 1.807) is 6.08 Å². The molecule has 35 heavy (non-hydrogen) atoms. The Balaban J connectivity index is 0.00000108. The first-order valence-electron chi connectivity index (χ1n) is 12.6. The third-order valence-electron chi connectivity index (χ3n) is 6.28. The molecule has 0 amide bonds. The van der Waals surface area contributed by atoms with Gasteiger partial charge in [0.25, 0.3) is 0 Å². The van der Waals surface area contributed by atoms with Gasteiger partial charge in [0.05, 0.1) is 0 Å². The lowest BCUT2D eigenvalue weighted by Gasteiger charge is -2.33. The highest BCUT2D eigenvalue weighted by atomic mass is 14.9. The van der Waals surface area contributed by atoms with Gasteiger partial charge in [0.1, 0.15) is 0 Å². The van der Waals surface area contributed by atoms with Crippen LogP contribution >= 0.6 is 0 Å². The molecule has 0 spiro atoms. The van der Waals surface area contributed by atoms with Crippen LogP contribution in [-0.4, -0.2) is 0 Å². The molecular formula is C34H41N. The summed E-state index contributed by atoms with van der Waals surface area (Å²) in [5.41, 5.74) is 6.60. The minimum atomic E-state index is 0.0991. The van der Waals surface area contributed by atoms with Gasteiger partial charge in [-0.1, -0.05) is 114 Å². The second kappa shape index (κ2) is 11.0. The number of fused-ring (bicyclic) bond motifs is 1. The first kappa shape index (κ1) is 26.3. The summed E-state index contributed by atoms with van der Waals surface area (Å²) in [6.45, 7) is 19.0. The van der Waals surface area contributed by atoms with E-state index in [1.165, 1.54) is 27.5 Å². The van der Waals surface area contributed by atoms with Crippen LogP contribution in [0.2, 0.25) is 0 Å². The lowest BCUT2D eigenvalue weighted by Crippen LogP contribution is -2.20. The lowest BCUT2D eigenvalue weighted by atomic mass is 9.71. The Hall–Kier alpha value is -3.32. The summed E-state index contributed by atoms with van der Waals surface area (Å²) in [6, 6.07) is 33.1. The minimum Gasteiger partial charge on any atom is -0.356 e. The fraction of sp³-hybridized carbons (Fsp3) is 0.294. The monoisotopic (exact) mass is 463 g/mol. The molecule has 4 rings (SSSR count). The molecule has 182 valence electrons. The SMILES string of the molecule is C=CC.CC(C)(C)c1ccc(Nc2ccc(C(c3cccc4ccccc34)C(C)(C)C)cc2)cc1. The molecule has 0 heterocycles. The molecule has 0 radical (unpaired) electrons. The van der Waals surface area contributed by atoms with Gasteiger partial charge in [-0.3, -0.25) is 0 Å². The molecule has 1 unspecified atom stereocenters. The predicted octanol–water partition coefficient (Wildman–Crippen LogP) is 10.3. The van der Waals surface area contributed by atoms with Crippen LogP contribution in [0, 0.1) is 5.41 Å². The van der Waals surface area contributed by atoms with Crippen molar-refractivity contribution in [2.75, 3.05) is 5.32 Å². The van der Waals surface area contributed by atoms with Gasteiger partial charge in [-0.2, -0.15) is 0 Å². The molecule has 0 saturated heterocycles. The van der Waals surface area contributed by atoms with E-state index in [2.05, 4.69) is 144 Å². The number of hydrogen-bond donors (Lipinski definition) is 1. The number of allylic oxidation sites excluding steroid dienone is 1. The summed E-state index contributed by atoms with van der Waals surface area (Å²) in [4.78, 5) is 0. The number of benzene rings is 4. The van der Waals surface area contributed by atoms with Crippen molar-refractivity contribution < 1.29 is 0 Å². The van der Waals surface area contributed by atoms with Crippen molar-refractivity contribution in [2.45, 2.75) is 59.8 Å². The molecule has 1 N–H and O–H groups in total. The van der Waals surface area contributed by atoms with E-state index in [0.29, 0.717) is 5.92 Å². The van der Waals surface area contributed by atoms with Crippen molar-refractivity contribution in [3.8, 4) is 0 Å². The van der Waals surface area contributed by atoms with Gasteiger partial charge in [-0.05, 0) is 69.5 Å². The van der Waals surface area contributed by atoms with E-state index in [4.69, 9.17) is 0 Å². The Morgan fingerprint density at radius 2 is 1.20 bits per heavy atom. The molecule has 4 aromatic carbocycles. The molecule has 1 heteroatoms. The van der Waals surface area contributed by atoms with Crippen LogP contribution in [0.5, 0.6) is 0 Å². The topological polar surface area (TPSA) is 12.0 Å². The standard InChI is InChI=1S/C31H35N.C3H6/c1-30(2,3)24-16-20-26(21-17-24)32-25-18-14-23(15-19-25)29(31(4,5)6)28-13-9-11-22-10-7-8-12-27(22)28;1-3-2/h7-21,29,32H,1-6H3;3H,1H2,2H3. The summed E-state index contributed by atoms with van der Waals surface area (Å²) in [7, 11) is 0. The summed E-state index contributed by atoms with van der Waals surface area (Å²) in [5.74, 6) is 0.314. The minimum absolute atomic E-state index is 0.0991. The third kappa shape index (κ3) is 6.63. The van der Waals surface area contributed by atoms with Crippen LogP contribution in [0.25, 0.3) is 10.8 Å². The average molecular weight is 464 g/mol. The van der Waals surface area contributed by atoms with Gasteiger partial charge in [-0.15, -0.1) is 6.58 Å². The van der Waals surface area contributed by atoms with Crippen LogP contribution < -0.4 is 5.32 Å². The smallest absolute Gasteiger partial charge is 0.0384 e. The first-order valence-corrected chi connectivity index (χ1v) is 12.6. The van der Waals surface area contributed by atoms with Crippen molar-refractivity contribution in [3.63, 3.8) is 0 Å². The highest BCUT2D eigenvalue weighted by Gasteiger charge is 2.29. The molecule has 0 bridgehead atoms. The number of hydrogen-bond acceptors (Lipinski definition) is 1. The van der Waals surface area contributed by atoms with Crippen molar-refractivity contribution in [2.24, 2.45) is 5.41 Å². The second-order valence-corrected chi connectivity index (χ2v) is 11.4. The quantitative estimate of drug-likeness (QED) is 0.297. The Morgan fingerprint density at radius 1 is 0.686 bits per heavy atom. The lowest BCUT2D eigenvalue weighted by molar-refractivity contribution is 0.360. The zero-order valence-corrected chi connectivity index (χ0v) is 22.5. The number of anilines is 2. The van der Waals surface area contributed by atoms with Crippen molar-refractivity contribution >= 4 is 22.1 Å². The van der Waals surface area contributed by atoms with Crippen molar-refractivity contribution in [1.82, 2.24) is 0 Å². The molecular weight excluding hydrogens is 422 g/mol. The third-order valence-corrected chi connectivity index (χ3v) is 6.28. The first-order chi connectivity index (χ1) is 16.5. The maximum absolute atomic E-state index is 3.56. The van der Waals surface area contributed by atoms with Gasteiger partial charge >= 0.3 is 0 Å². The molecule has 0 aliphatic carbocycles. The molecule has 1 nitrogen and oxygen atoms in total. The van der Waals surface area contributed by atoms with Crippen molar-refractivity contribution in [1.29, 1.82) is 0 Å². The zero-order valence-electron chi connectivity index (χ0n) is 22.5. The molecule has 0 saturated carbocycles. The molecule has 0 aliphatic rings. The summed E-state index contributed by atoms with van der Waals surface area (Å²) < 4.78 is 0. The van der Waals surface area contributed by atoms with E-state index in [9.17, 15) is 0 Å². The Labute approximate surface area is 212 Å². The Morgan fingerprint density at radius 3 is 1.74 bits per heavy atom. The molecule has 0 aliphatic heterocycles. The zero-order chi connectivity index (χ0) is 25.6. The number of nitrogens with one attached hydrogen (secondary N) is 1. The highest BCUT2D eigenvalue weighted by molar-refractivity contribution is 5.86. The van der Waals surface area contributed by atoms with Crippen LogP contribution in [0.4, 0.5) is 11.4 Å². The average Bonchev–Trinajstić information content (AvgIpc) is 2.80. The maximum atomic E-state index is 3.56. The molecule has 1 atom stereocenters. The molecule has 0 fully saturated rings. The Kier molecular flexibility index (Phi) is 8.22. The maximum Gasteiger partial charge on any atom is 0.0384 e. The van der Waals surface area contributed by atoms with Crippen LogP contribution in [-0.2, 0) is 5.41 Å². The summed E-state index contributed by atoms with van der Waals surface area (Å²) >= 11 is 0. The highest BCUT2D eigenvalue weighted by Crippen LogP contribution is 2.43. The summed E-state index contributed by atoms with van der Waals surface area (Å²) in [6.07, 6.45) is 1.75. The van der Waals surface area contributed by atoms with Crippen LogP contribution in [0.15, 0.2) is 104 Å². The van der Waals surface area contributed by atoms with E-state index in [0.717, 1.165) is 11.4 Å². The van der Waals surface area contributed by atoms with Gasteiger partial charge in [0.2, 0.25) is 0 Å². The number of rotatable bonds is 4. The largest absolute Gasteiger partial charge is 0.356 e. The van der Waals surface area contributed by atoms with Gasteiger partial charge in [-0.25, -0.2) is 0 Å². The van der Waals surface area contributed by atoms with E-state index >= 15 is 0 Å². The van der Waals surface area contributed by atoms with Gasteiger partial charge in [0, 0.05) is 17.3 Å². The fourth-order valence-electron chi connectivity index (χ4n) is 4.63. The normalized spacial score (nSPS) is 12.4. The Bertz CT molecular complexity index is 1230. The summed E-state index contributed by atoms with van der Waals surface area (Å²) in [5, 5.41) is 6.20. The van der Waals surface area contributed by atoms with E-state index in [1.807, 2.05) is 6.92 Å². The fourth-order valence-corrected chi connectivity index (χ4v) is 4.63. The van der Waals surface area contributed by atoms with E-state index < -0.39 is 0 Å². The van der Waals surface area contributed by atoms with Crippen LogP contribution in [0.1, 0.15) is 71.1 Å². The molecule has 0 aromatic heterocycles. The van der Waals surface area contributed by atoms with Gasteiger partial charge in [0.15, 0.2) is 0 Å². The predicted molar refractivity (Wildman–Crippen MR) is 156 cm³/mol. The van der Waals surface area contributed by atoms with E-state index in [-0.39, 0.29) is 10.8 Å². The van der Waals surface area contributed by atoms with Gasteiger partial charge < -0.3 is 5.32 Å². The molecule has 4 aromatic rings. The second-order valence-electron chi connectivity index (χ2n) is 11.4. The van der Waals surface area contributed by atoms with Crippen molar-refractivity contribution in [3.05, 3.63) is 120 Å².